The molecular formula is C17H20ClN3O2. The van der Waals surface area contributed by atoms with E-state index in [4.69, 9.17) is 11.6 Å². The maximum atomic E-state index is 12.1. The van der Waals surface area contributed by atoms with E-state index in [0.29, 0.717) is 28.5 Å². The van der Waals surface area contributed by atoms with Gasteiger partial charge in [-0.05, 0) is 44.9 Å². The maximum Gasteiger partial charge on any atom is 0.254 e. The third kappa shape index (κ3) is 4.66. The second-order valence-corrected chi connectivity index (χ2v) is 5.99. The largest absolute Gasteiger partial charge is 0.350 e. The van der Waals surface area contributed by atoms with E-state index >= 15 is 0 Å². The molecule has 1 heterocycles. The van der Waals surface area contributed by atoms with Crippen LogP contribution in [0.25, 0.3) is 0 Å². The summed E-state index contributed by atoms with van der Waals surface area (Å²) in [7, 11) is 0. The number of aromatic nitrogens is 2. The SMILES string of the molecule is Cc1nc(C)c(CCC(=O)N[C@H](C)c2ccc(Cl)cc2)c(=O)[nH]1. The van der Waals surface area contributed by atoms with Crippen LogP contribution in [0.2, 0.25) is 5.02 Å². The van der Waals surface area contributed by atoms with E-state index in [0.717, 1.165) is 5.56 Å². The summed E-state index contributed by atoms with van der Waals surface area (Å²) in [6.07, 6.45) is 0.611. The van der Waals surface area contributed by atoms with Gasteiger partial charge in [-0.3, -0.25) is 9.59 Å². The molecule has 2 aromatic rings. The van der Waals surface area contributed by atoms with E-state index in [1.807, 2.05) is 19.1 Å². The molecule has 0 bridgehead atoms. The molecule has 23 heavy (non-hydrogen) atoms. The molecule has 0 saturated carbocycles. The van der Waals surface area contributed by atoms with Crippen molar-refractivity contribution in [2.24, 2.45) is 0 Å². The summed E-state index contributed by atoms with van der Waals surface area (Å²) >= 11 is 5.85. The number of aromatic amines is 1. The van der Waals surface area contributed by atoms with Crippen LogP contribution in [0.1, 0.15) is 42.0 Å². The summed E-state index contributed by atoms with van der Waals surface area (Å²) in [6, 6.07) is 7.23. The fourth-order valence-corrected chi connectivity index (χ4v) is 2.56. The molecule has 1 aromatic carbocycles. The first-order chi connectivity index (χ1) is 10.9. The van der Waals surface area contributed by atoms with Gasteiger partial charge < -0.3 is 10.3 Å². The Balaban J connectivity index is 1.95. The number of carbonyl (C=O) groups excluding carboxylic acids is 1. The summed E-state index contributed by atoms with van der Waals surface area (Å²) < 4.78 is 0. The molecule has 122 valence electrons. The van der Waals surface area contributed by atoms with Crippen molar-refractivity contribution in [1.82, 2.24) is 15.3 Å². The van der Waals surface area contributed by atoms with E-state index < -0.39 is 0 Å². The lowest BCUT2D eigenvalue weighted by atomic mass is 10.1. The number of nitrogens with zero attached hydrogens (tertiary/aromatic N) is 1. The highest BCUT2D eigenvalue weighted by Crippen LogP contribution is 2.16. The number of benzene rings is 1. The van der Waals surface area contributed by atoms with Crippen molar-refractivity contribution >= 4 is 17.5 Å². The van der Waals surface area contributed by atoms with Gasteiger partial charge in [0.05, 0.1) is 6.04 Å². The minimum atomic E-state index is -0.173. The second-order valence-electron chi connectivity index (χ2n) is 5.56. The highest BCUT2D eigenvalue weighted by molar-refractivity contribution is 6.30. The molecule has 0 radical (unpaired) electrons. The van der Waals surface area contributed by atoms with Gasteiger partial charge in [-0.25, -0.2) is 4.98 Å². The van der Waals surface area contributed by atoms with Crippen LogP contribution < -0.4 is 10.9 Å². The molecule has 6 heteroatoms. The van der Waals surface area contributed by atoms with Crippen LogP contribution in [0.15, 0.2) is 29.1 Å². The molecule has 1 atom stereocenters. The molecular weight excluding hydrogens is 314 g/mol. The predicted octanol–water partition coefficient (Wildman–Crippen LogP) is 2.85. The number of rotatable bonds is 5. The summed E-state index contributed by atoms with van der Waals surface area (Å²) in [4.78, 5) is 30.9. The molecule has 0 aliphatic heterocycles. The van der Waals surface area contributed by atoms with Gasteiger partial charge in [0.1, 0.15) is 5.82 Å². The molecule has 1 aromatic heterocycles. The van der Waals surface area contributed by atoms with E-state index in [1.54, 1.807) is 26.0 Å². The lowest BCUT2D eigenvalue weighted by Crippen LogP contribution is -2.28. The summed E-state index contributed by atoms with van der Waals surface area (Å²) in [5.74, 6) is 0.476. The molecule has 0 unspecified atom stereocenters. The standard InChI is InChI=1S/C17H20ClN3O2/c1-10(13-4-6-14(18)7-5-13)20-16(22)9-8-15-11(2)19-12(3)21-17(15)23/h4-7,10H,8-9H2,1-3H3,(H,20,22)(H,19,21,23)/t10-/m1/s1. The number of H-pyrrole nitrogens is 1. The van der Waals surface area contributed by atoms with Crippen molar-refractivity contribution in [1.29, 1.82) is 0 Å². The Hall–Kier alpha value is -2.14. The Kier molecular flexibility index (Phi) is 5.55. The molecule has 5 nitrogen and oxygen atoms in total. The zero-order valence-corrected chi connectivity index (χ0v) is 14.2. The van der Waals surface area contributed by atoms with Gasteiger partial charge in [0.15, 0.2) is 0 Å². The van der Waals surface area contributed by atoms with E-state index in [9.17, 15) is 9.59 Å². The van der Waals surface area contributed by atoms with E-state index in [1.165, 1.54) is 0 Å². The highest BCUT2D eigenvalue weighted by atomic mass is 35.5. The summed E-state index contributed by atoms with van der Waals surface area (Å²) in [5.41, 5.74) is 2.04. The average Bonchev–Trinajstić information content (AvgIpc) is 2.46. The number of amides is 1. The second kappa shape index (κ2) is 7.42. The lowest BCUT2D eigenvalue weighted by molar-refractivity contribution is -0.121. The van der Waals surface area contributed by atoms with Gasteiger partial charge in [0, 0.05) is 22.7 Å². The molecule has 0 spiro atoms. The zero-order valence-electron chi connectivity index (χ0n) is 13.4. The van der Waals surface area contributed by atoms with Crippen molar-refractivity contribution in [3.8, 4) is 0 Å². The van der Waals surface area contributed by atoms with Gasteiger partial charge in [-0.1, -0.05) is 23.7 Å². The van der Waals surface area contributed by atoms with Crippen molar-refractivity contribution in [2.75, 3.05) is 0 Å². The Labute approximate surface area is 140 Å². The molecule has 0 fully saturated rings. The number of hydrogen-bond donors (Lipinski definition) is 2. The smallest absolute Gasteiger partial charge is 0.254 e. The topological polar surface area (TPSA) is 74.8 Å². The number of nitrogens with one attached hydrogen (secondary N) is 2. The fourth-order valence-electron chi connectivity index (χ4n) is 2.43. The van der Waals surface area contributed by atoms with E-state index in [2.05, 4.69) is 15.3 Å². The first-order valence-corrected chi connectivity index (χ1v) is 7.86. The Morgan fingerprint density at radius 1 is 1.30 bits per heavy atom. The van der Waals surface area contributed by atoms with Gasteiger partial charge >= 0.3 is 0 Å². The zero-order chi connectivity index (χ0) is 17.0. The van der Waals surface area contributed by atoms with Crippen molar-refractivity contribution in [3.63, 3.8) is 0 Å². The molecule has 1 amide bonds. The molecule has 0 aliphatic rings. The summed E-state index contributed by atoms with van der Waals surface area (Å²) in [5, 5.41) is 3.58. The average molecular weight is 334 g/mol. The fraction of sp³-hybridized carbons (Fsp3) is 0.353. The first-order valence-electron chi connectivity index (χ1n) is 7.48. The van der Waals surface area contributed by atoms with E-state index in [-0.39, 0.29) is 23.9 Å². The highest BCUT2D eigenvalue weighted by Gasteiger charge is 2.12. The first kappa shape index (κ1) is 17.2. The summed E-state index contributed by atoms with van der Waals surface area (Å²) in [6.45, 7) is 5.43. The normalized spacial score (nSPS) is 12.0. The van der Waals surface area contributed by atoms with Gasteiger partial charge in [0.25, 0.3) is 5.56 Å². The van der Waals surface area contributed by atoms with Crippen LogP contribution in [-0.2, 0) is 11.2 Å². The van der Waals surface area contributed by atoms with Crippen LogP contribution >= 0.6 is 11.6 Å². The van der Waals surface area contributed by atoms with Crippen molar-refractivity contribution < 1.29 is 4.79 Å². The molecule has 0 saturated heterocycles. The Morgan fingerprint density at radius 3 is 2.57 bits per heavy atom. The Bertz CT molecular complexity index is 753. The van der Waals surface area contributed by atoms with Crippen LogP contribution in [0, 0.1) is 13.8 Å². The van der Waals surface area contributed by atoms with Crippen LogP contribution in [0.3, 0.4) is 0 Å². The molecule has 0 aliphatic carbocycles. The molecule has 2 rings (SSSR count). The van der Waals surface area contributed by atoms with Gasteiger partial charge in [0.2, 0.25) is 5.91 Å². The van der Waals surface area contributed by atoms with Crippen LogP contribution in [0.5, 0.6) is 0 Å². The van der Waals surface area contributed by atoms with Crippen molar-refractivity contribution in [2.45, 2.75) is 39.7 Å². The minimum absolute atomic E-state index is 0.105. The monoisotopic (exact) mass is 333 g/mol. The van der Waals surface area contributed by atoms with Gasteiger partial charge in [-0.15, -0.1) is 0 Å². The lowest BCUT2D eigenvalue weighted by Gasteiger charge is -2.14. The quantitative estimate of drug-likeness (QED) is 0.883. The Morgan fingerprint density at radius 2 is 1.96 bits per heavy atom. The number of hydrogen-bond acceptors (Lipinski definition) is 3. The van der Waals surface area contributed by atoms with Crippen LogP contribution in [0.4, 0.5) is 0 Å². The van der Waals surface area contributed by atoms with Crippen molar-refractivity contribution in [3.05, 3.63) is 62.3 Å². The predicted molar refractivity (Wildman–Crippen MR) is 90.7 cm³/mol. The minimum Gasteiger partial charge on any atom is -0.350 e. The molecule has 2 N–H and O–H groups in total. The third-order valence-corrected chi connectivity index (χ3v) is 3.94. The third-order valence-electron chi connectivity index (χ3n) is 3.69. The number of carbonyl (C=O) groups is 1. The maximum absolute atomic E-state index is 12.1. The van der Waals surface area contributed by atoms with Gasteiger partial charge in [-0.2, -0.15) is 0 Å². The number of halogens is 1. The number of aryl methyl sites for hydroxylation is 2. The van der Waals surface area contributed by atoms with Crippen LogP contribution in [-0.4, -0.2) is 15.9 Å².